The summed E-state index contributed by atoms with van der Waals surface area (Å²) in [5, 5.41) is 4.53. The summed E-state index contributed by atoms with van der Waals surface area (Å²) >= 11 is 0. The third-order valence-corrected chi connectivity index (χ3v) is 8.88. The molecule has 5 rings (SSSR count). The molecule has 3 aromatic rings. The second-order valence-corrected chi connectivity index (χ2v) is 11.7. The Morgan fingerprint density at radius 2 is 1.88 bits per heavy atom. The molecule has 0 amide bonds. The average molecular weight is 547 g/mol. The molecule has 1 aromatic carbocycles. The van der Waals surface area contributed by atoms with E-state index in [4.69, 9.17) is 9.47 Å². The number of nitrogens with zero attached hydrogens (tertiary/aromatic N) is 4. The highest BCUT2D eigenvalue weighted by molar-refractivity contribution is 6.01. The third kappa shape index (κ3) is 5.97. The topological polar surface area (TPSA) is 95.7 Å². The third-order valence-electron chi connectivity index (χ3n) is 8.88. The van der Waals surface area contributed by atoms with Gasteiger partial charge >= 0.3 is 5.97 Å². The van der Waals surface area contributed by atoms with Crippen molar-refractivity contribution < 1.29 is 19.1 Å². The molecular weight excluding hydrogens is 504 g/mol. The Labute approximate surface area is 236 Å². The monoisotopic (exact) mass is 546 g/mol. The minimum Gasteiger partial charge on any atom is -0.458 e. The van der Waals surface area contributed by atoms with E-state index in [1.807, 2.05) is 19.9 Å². The van der Waals surface area contributed by atoms with Crippen molar-refractivity contribution in [3.63, 3.8) is 0 Å². The molecule has 1 aliphatic heterocycles. The fraction of sp³-hybridized carbons (Fsp3) is 0.594. The number of carbonyl (C=O) groups excluding carboxylic acids is 2. The number of hydrogen-bond donors (Lipinski definition) is 0. The largest absolute Gasteiger partial charge is 0.458 e. The number of rotatable bonds is 11. The zero-order valence-electron chi connectivity index (χ0n) is 24.4. The van der Waals surface area contributed by atoms with Gasteiger partial charge in [-0.1, -0.05) is 38.0 Å². The van der Waals surface area contributed by atoms with Gasteiger partial charge in [0.05, 0.1) is 0 Å². The molecule has 214 valence electrons. The quantitative estimate of drug-likeness (QED) is 0.187. The second kappa shape index (κ2) is 12.2. The van der Waals surface area contributed by atoms with Crippen molar-refractivity contribution in [2.24, 2.45) is 11.8 Å². The zero-order valence-corrected chi connectivity index (χ0v) is 24.4. The van der Waals surface area contributed by atoms with Crippen LogP contribution in [0.3, 0.4) is 0 Å². The van der Waals surface area contributed by atoms with Gasteiger partial charge in [-0.15, -0.1) is 5.10 Å². The lowest BCUT2D eigenvalue weighted by Crippen LogP contribution is -2.52. The maximum absolute atomic E-state index is 13.6. The molecule has 0 radical (unpaired) electrons. The van der Waals surface area contributed by atoms with E-state index in [1.165, 1.54) is 16.7 Å². The molecule has 2 aromatic heterocycles. The number of aryl methyl sites for hydroxylation is 5. The van der Waals surface area contributed by atoms with Gasteiger partial charge in [0, 0.05) is 37.9 Å². The maximum Gasteiger partial charge on any atom is 0.317 e. The Balaban J connectivity index is 1.32. The molecule has 2 atom stereocenters. The number of methoxy groups -OCH3 is 1. The first kappa shape index (κ1) is 28.4. The predicted octanol–water partition coefficient (Wildman–Crippen LogP) is 5.12. The minimum atomic E-state index is -0.869. The van der Waals surface area contributed by atoms with Crippen LogP contribution < -0.4 is 0 Å². The van der Waals surface area contributed by atoms with Crippen LogP contribution in [0.15, 0.2) is 24.3 Å². The standard InChI is InChI=1S/C32H42N4O4/c1-5-24-18-23(12-13-25(24)9-8-16-39-4)14-15-32(26-10-6-7-11-26)20-28(37)27(30(38)40-32)19-29-34-31-33-21(2)17-22(3)36(31)35-29/h12-13,17-18,26-27H,5-11,14-16,19-20H2,1-4H3. The molecule has 2 fully saturated rings. The van der Waals surface area contributed by atoms with Crippen LogP contribution in [0, 0.1) is 25.7 Å². The summed E-state index contributed by atoms with van der Waals surface area (Å²) in [5.74, 6) is -0.186. The van der Waals surface area contributed by atoms with Crippen molar-refractivity contribution in [3.8, 4) is 0 Å². The van der Waals surface area contributed by atoms with Crippen molar-refractivity contribution in [2.75, 3.05) is 13.7 Å². The van der Waals surface area contributed by atoms with E-state index < -0.39 is 17.5 Å². The van der Waals surface area contributed by atoms with Gasteiger partial charge in [0.15, 0.2) is 11.6 Å². The molecule has 2 unspecified atom stereocenters. The van der Waals surface area contributed by atoms with Crippen molar-refractivity contribution in [1.82, 2.24) is 19.6 Å². The molecule has 40 heavy (non-hydrogen) atoms. The van der Waals surface area contributed by atoms with Crippen molar-refractivity contribution in [1.29, 1.82) is 0 Å². The smallest absolute Gasteiger partial charge is 0.317 e. The van der Waals surface area contributed by atoms with Crippen LogP contribution in [0.2, 0.25) is 0 Å². The predicted molar refractivity (Wildman–Crippen MR) is 152 cm³/mol. The minimum absolute atomic E-state index is 0.0504. The van der Waals surface area contributed by atoms with E-state index >= 15 is 0 Å². The summed E-state index contributed by atoms with van der Waals surface area (Å²) in [5.41, 5.74) is 5.00. The first-order valence-electron chi connectivity index (χ1n) is 14.9. The number of fused-ring (bicyclic) bond motifs is 1. The number of esters is 1. The van der Waals surface area contributed by atoms with Gasteiger partial charge in [0.2, 0.25) is 0 Å². The average Bonchev–Trinajstić information content (AvgIpc) is 3.61. The van der Waals surface area contributed by atoms with Crippen LogP contribution >= 0.6 is 0 Å². The number of cyclic esters (lactones) is 1. The van der Waals surface area contributed by atoms with Crippen LogP contribution in [-0.2, 0) is 44.7 Å². The number of Topliss-reactive ketones (excluding diaryl/α,β-unsaturated/α-hetero) is 1. The fourth-order valence-corrected chi connectivity index (χ4v) is 6.72. The SMILES string of the molecule is CCc1cc(CCC2(C3CCCC3)CC(=O)C(Cc3nc4nc(C)cc(C)n4n3)C(=O)O2)ccc1CCCOC. The fourth-order valence-electron chi connectivity index (χ4n) is 6.72. The first-order valence-corrected chi connectivity index (χ1v) is 14.9. The van der Waals surface area contributed by atoms with E-state index in [0.29, 0.717) is 18.0 Å². The molecule has 8 nitrogen and oxygen atoms in total. The first-order chi connectivity index (χ1) is 19.3. The lowest BCUT2D eigenvalue weighted by atomic mass is 9.73. The van der Waals surface area contributed by atoms with Gasteiger partial charge in [-0.05, 0) is 87.5 Å². The van der Waals surface area contributed by atoms with E-state index in [2.05, 4.69) is 40.2 Å². The van der Waals surface area contributed by atoms with Crippen LogP contribution in [0.1, 0.15) is 85.8 Å². The van der Waals surface area contributed by atoms with E-state index in [9.17, 15) is 9.59 Å². The van der Waals surface area contributed by atoms with E-state index in [1.54, 1.807) is 11.6 Å². The number of aromatic nitrogens is 4. The van der Waals surface area contributed by atoms with Crippen LogP contribution in [-0.4, -0.2) is 50.7 Å². The molecule has 1 saturated carbocycles. The van der Waals surface area contributed by atoms with E-state index in [-0.39, 0.29) is 24.5 Å². The molecule has 0 bridgehead atoms. The summed E-state index contributed by atoms with van der Waals surface area (Å²) in [6.07, 6.45) is 9.10. The Morgan fingerprint density at radius 3 is 2.60 bits per heavy atom. The molecule has 2 aliphatic rings. The highest BCUT2D eigenvalue weighted by Gasteiger charge is 2.51. The Hall–Kier alpha value is -3.13. The summed E-state index contributed by atoms with van der Waals surface area (Å²) in [6, 6.07) is 8.66. The normalized spacial score (nSPS) is 21.9. The molecular formula is C32H42N4O4. The summed E-state index contributed by atoms with van der Waals surface area (Å²) < 4.78 is 13.2. The highest BCUT2D eigenvalue weighted by atomic mass is 16.6. The maximum atomic E-state index is 13.6. The lowest BCUT2D eigenvalue weighted by Gasteiger charge is -2.43. The van der Waals surface area contributed by atoms with Gasteiger partial charge < -0.3 is 9.47 Å². The van der Waals surface area contributed by atoms with Gasteiger partial charge in [-0.3, -0.25) is 9.59 Å². The number of hydrogen-bond acceptors (Lipinski definition) is 7. The van der Waals surface area contributed by atoms with E-state index in [0.717, 1.165) is 69.4 Å². The lowest BCUT2D eigenvalue weighted by molar-refractivity contribution is -0.185. The number of ether oxygens (including phenoxy) is 2. The number of carbonyl (C=O) groups is 2. The Bertz CT molecular complexity index is 1360. The van der Waals surface area contributed by atoms with Crippen molar-refractivity contribution in [3.05, 3.63) is 58.2 Å². The zero-order chi connectivity index (χ0) is 28.3. The molecule has 8 heteroatoms. The van der Waals surface area contributed by atoms with Crippen LogP contribution in [0.25, 0.3) is 5.78 Å². The molecule has 3 heterocycles. The van der Waals surface area contributed by atoms with Crippen LogP contribution in [0.5, 0.6) is 0 Å². The molecule has 1 saturated heterocycles. The van der Waals surface area contributed by atoms with Gasteiger partial charge in [-0.25, -0.2) is 9.50 Å². The Kier molecular flexibility index (Phi) is 8.64. The second-order valence-electron chi connectivity index (χ2n) is 11.7. The molecule has 1 aliphatic carbocycles. The van der Waals surface area contributed by atoms with Crippen molar-refractivity contribution in [2.45, 2.75) is 97.0 Å². The van der Waals surface area contributed by atoms with Crippen LogP contribution in [0.4, 0.5) is 0 Å². The highest BCUT2D eigenvalue weighted by Crippen LogP contribution is 2.45. The van der Waals surface area contributed by atoms with Gasteiger partial charge in [0.1, 0.15) is 11.5 Å². The summed E-state index contributed by atoms with van der Waals surface area (Å²) in [7, 11) is 1.74. The van der Waals surface area contributed by atoms with Gasteiger partial charge in [-0.2, -0.15) is 4.98 Å². The summed E-state index contributed by atoms with van der Waals surface area (Å²) in [6.45, 7) is 6.80. The molecule has 0 spiro atoms. The molecule has 0 N–H and O–H groups in total. The number of benzene rings is 1. The summed E-state index contributed by atoms with van der Waals surface area (Å²) in [4.78, 5) is 36.0. The van der Waals surface area contributed by atoms with Gasteiger partial charge in [0.25, 0.3) is 5.78 Å². The number of ketones is 1. The Morgan fingerprint density at radius 1 is 1.07 bits per heavy atom. The van der Waals surface area contributed by atoms with Crippen molar-refractivity contribution >= 4 is 17.5 Å².